The maximum absolute atomic E-state index is 14.2. The summed E-state index contributed by atoms with van der Waals surface area (Å²) in [6, 6.07) is 21.1. The molecule has 2 aliphatic heterocycles. The molecule has 2 aliphatic rings. The number of hydrogen-bond acceptors (Lipinski definition) is 12. The maximum Gasteiger partial charge on any atom is 0.356 e. The van der Waals surface area contributed by atoms with E-state index in [0.717, 1.165) is 27.6 Å². The van der Waals surface area contributed by atoms with Crippen LogP contribution < -0.4 is 11.1 Å². The first-order chi connectivity index (χ1) is 21.9. The van der Waals surface area contributed by atoms with Gasteiger partial charge >= 0.3 is 5.97 Å². The van der Waals surface area contributed by atoms with Gasteiger partial charge < -0.3 is 20.6 Å². The molecule has 14 heteroatoms. The molecular formula is C31H27N7O5S2. The van der Waals surface area contributed by atoms with Gasteiger partial charge in [-0.15, -0.1) is 0 Å². The molecule has 12 nitrogen and oxygen atoms in total. The molecule has 0 unspecified atom stereocenters. The number of amides is 2. The second-order valence-corrected chi connectivity index (χ2v) is 12.0. The van der Waals surface area contributed by atoms with Crippen LogP contribution in [0.3, 0.4) is 0 Å². The highest BCUT2D eigenvalue weighted by Gasteiger charge is 2.54. The number of thioether (sulfide) groups is 1. The van der Waals surface area contributed by atoms with E-state index in [9.17, 15) is 14.4 Å². The third kappa shape index (κ3) is 6.28. The topological polar surface area (TPSA) is 162 Å². The summed E-state index contributed by atoms with van der Waals surface area (Å²) < 4.78 is 10.2. The highest BCUT2D eigenvalue weighted by Crippen LogP contribution is 2.44. The van der Waals surface area contributed by atoms with Crippen LogP contribution in [0.25, 0.3) is 0 Å². The zero-order valence-corrected chi connectivity index (χ0v) is 25.5. The molecule has 2 atom stereocenters. The number of nitrogens with one attached hydrogen (secondary N) is 1. The lowest BCUT2D eigenvalue weighted by Gasteiger charge is -2.50. The fraction of sp³-hybridized carbons (Fsp3) is 0.194. The number of carbonyl (C=O) groups excluding carboxylic acids is 3. The van der Waals surface area contributed by atoms with E-state index in [1.165, 1.54) is 23.8 Å². The van der Waals surface area contributed by atoms with E-state index < -0.39 is 36.0 Å². The highest BCUT2D eigenvalue weighted by molar-refractivity contribution is 8.03. The van der Waals surface area contributed by atoms with Crippen LogP contribution in [-0.4, -0.2) is 61.9 Å². The monoisotopic (exact) mass is 641 g/mol. The van der Waals surface area contributed by atoms with Crippen LogP contribution in [0, 0.1) is 0 Å². The summed E-state index contributed by atoms with van der Waals surface area (Å²) in [6.07, 6.45) is 3.59. The number of allylic oxidation sites excluding steroid dienone is 1. The first-order valence-electron chi connectivity index (χ1n) is 13.9. The number of oxime groups is 1. The number of anilines is 1. The molecule has 0 radical (unpaired) electrons. The van der Waals surface area contributed by atoms with Crippen LogP contribution in [0.4, 0.5) is 5.13 Å². The summed E-state index contributed by atoms with van der Waals surface area (Å²) in [5, 5.41) is 6.63. The van der Waals surface area contributed by atoms with E-state index in [1.807, 2.05) is 72.8 Å². The van der Waals surface area contributed by atoms with Crippen LogP contribution in [0.1, 0.15) is 35.9 Å². The summed E-state index contributed by atoms with van der Waals surface area (Å²) in [4.78, 5) is 57.0. The van der Waals surface area contributed by atoms with E-state index in [-0.39, 0.29) is 22.4 Å². The van der Waals surface area contributed by atoms with E-state index in [0.29, 0.717) is 17.7 Å². The van der Waals surface area contributed by atoms with Gasteiger partial charge in [0.1, 0.15) is 18.8 Å². The number of carbonyl (C=O) groups is 3. The van der Waals surface area contributed by atoms with E-state index in [2.05, 4.69) is 24.8 Å². The number of nitrogens with zero attached hydrogens (tertiary/aromatic N) is 5. The van der Waals surface area contributed by atoms with Gasteiger partial charge in [0, 0.05) is 33.7 Å². The maximum atomic E-state index is 14.2. The summed E-state index contributed by atoms with van der Waals surface area (Å²) in [7, 11) is 1.28. The Hall–Kier alpha value is -5.08. The smallest absolute Gasteiger partial charge is 0.356 e. The second kappa shape index (κ2) is 13.3. The quantitative estimate of drug-likeness (QED) is 0.113. The summed E-state index contributed by atoms with van der Waals surface area (Å²) >= 11 is 2.28. The average molecular weight is 642 g/mol. The minimum Gasteiger partial charge on any atom is -0.448 e. The molecular weight excluding hydrogens is 615 g/mol. The Labute approximate surface area is 266 Å². The lowest BCUT2D eigenvalue weighted by Crippen LogP contribution is -2.72. The normalized spacial score (nSPS) is 17.9. The largest absolute Gasteiger partial charge is 0.448 e. The van der Waals surface area contributed by atoms with Gasteiger partial charge in [0.05, 0.1) is 6.04 Å². The predicted octanol–water partition coefficient (Wildman–Crippen LogP) is 3.69. The molecule has 2 amide bonds. The van der Waals surface area contributed by atoms with Crippen molar-refractivity contribution < 1.29 is 24.0 Å². The third-order valence-corrected chi connectivity index (χ3v) is 8.94. The number of ether oxygens (including phenoxy) is 1. The van der Waals surface area contributed by atoms with Gasteiger partial charge in [-0.25, -0.2) is 4.79 Å². The molecule has 4 aromatic rings. The zero-order chi connectivity index (χ0) is 31.3. The molecule has 1 saturated heterocycles. The van der Waals surface area contributed by atoms with Crippen molar-refractivity contribution in [3.63, 3.8) is 0 Å². The first-order valence-corrected chi connectivity index (χ1v) is 15.5. The van der Waals surface area contributed by atoms with Gasteiger partial charge in [0.25, 0.3) is 11.8 Å². The first kappa shape index (κ1) is 30.0. The molecule has 0 spiro atoms. The molecule has 4 heterocycles. The lowest BCUT2D eigenvalue weighted by atomic mass is 9.86. The van der Waals surface area contributed by atoms with Gasteiger partial charge in [-0.05, 0) is 36.1 Å². The van der Waals surface area contributed by atoms with Crippen LogP contribution >= 0.6 is 23.3 Å². The van der Waals surface area contributed by atoms with E-state index >= 15 is 0 Å². The molecule has 2 aromatic carbocycles. The molecule has 3 N–H and O–H groups in total. The number of nitrogen functional groups attached to an aromatic ring is 1. The lowest BCUT2D eigenvalue weighted by molar-refractivity contribution is -0.158. The van der Waals surface area contributed by atoms with E-state index in [1.54, 1.807) is 12.4 Å². The summed E-state index contributed by atoms with van der Waals surface area (Å²) in [5.41, 5.74) is 7.19. The number of rotatable bonds is 10. The fourth-order valence-electron chi connectivity index (χ4n) is 5.23. The number of esters is 1. The Bertz CT molecular complexity index is 1730. The van der Waals surface area contributed by atoms with Crippen molar-refractivity contribution in [1.82, 2.24) is 24.6 Å². The minimum atomic E-state index is -0.912. The fourth-order valence-corrected chi connectivity index (χ4v) is 6.70. The highest BCUT2D eigenvalue weighted by atomic mass is 32.2. The number of benzene rings is 2. The van der Waals surface area contributed by atoms with Crippen LogP contribution in [0.5, 0.6) is 0 Å². The Morgan fingerprint density at radius 1 is 1.07 bits per heavy atom. The number of fused-ring (bicyclic) bond motifs is 1. The number of pyridine rings is 1. The Kier molecular flexibility index (Phi) is 8.84. The molecule has 45 heavy (non-hydrogen) atoms. The molecule has 0 saturated carbocycles. The molecule has 6 rings (SSSR count). The van der Waals surface area contributed by atoms with Crippen molar-refractivity contribution in [2.45, 2.75) is 35.9 Å². The molecule has 2 aromatic heterocycles. The SMILES string of the molecule is CON=C(C(=O)N[C@@H]1C(=O)N2C(C(=O)OC(c3ccccc3)c3ccccc3)=C(Sc3ccncc3)CC[C@H]12)c1nsc(N)n1. The van der Waals surface area contributed by atoms with Crippen molar-refractivity contribution >= 4 is 51.9 Å². The number of β-lactam (4-membered cyclic amide) rings is 1. The van der Waals surface area contributed by atoms with Gasteiger partial charge in [0.2, 0.25) is 11.5 Å². The van der Waals surface area contributed by atoms with Crippen LogP contribution in [0.2, 0.25) is 0 Å². The van der Waals surface area contributed by atoms with E-state index in [4.69, 9.17) is 15.3 Å². The van der Waals surface area contributed by atoms with Crippen LogP contribution in [-0.2, 0) is 24.0 Å². The van der Waals surface area contributed by atoms with Crippen molar-refractivity contribution in [3.8, 4) is 0 Å². The second-order valence-electron chi connectivity index (χ2n) is 10.0. The number of hydrogen-bond donors (Lipinski definition) is 2. The average Bonchev–Trinajstić information content (AvgIpc) is 3.51. The Morgan fingerprint density at radius 3 is 2.33 bits per heavy atom. The van der Waals surface area contributed by atoms with Gasteiger partial charge in [-0.2, -0.15) is 9.36 Å². The number of aromatic nitrogens is 3. The predicted molar refractivity (Wildman–Crippen MR) is 168 cm³/mol. The standard InChI is InChI=1S/C31H27N7O5S2/c1-42-36-24(27-35-31(32)45-37-27)28(39)34-23-21-12-13-22(44-20-14-16-33-17-15-20)25(38(21)29(23)40)30(41)43-26(18-8-4-2-5-9-18)19-10-6-3-7-11-19/h2-11,14-17,21,23,26H,12-13H2,1H3,(H,34,39)(H2,32,35,37)/t21-,23+/m1/s1. The van der Waals surface area contributed by atoms with Gasteiger partial charge in [-0.1, -0.05) is 77.6 Å². The molecule has 1 fully saturated rings. The molecule has 0 bridgehead atoms. The molecule has 0 aliphatic carbocycles. The van der Waals surface area contributed by atoms with Crippen molar-refractivity contribution in [3.05, 3.63) is 113 Å². The van der Waals surface area contributed by atoms with Gasteiger partial charge in [-0.3, -0.25) is 19.5 Å². The van der Waals surface area contributed by atoms with Crippen LogP contribution in [0.15, 0.2) is 106 Å². The zero-order valence-electron chi connectivity index (χ0n) is 23.9. The Morgan fingerprint density at radius 2 is 1.73 bits per heavy atom. The molecule has 228 valence electrons. The summed E-state index contributed by atoms with van der Waals surface area (Å²) in [6.45, 7) is 0. The third-order valence-electron chi connectivity index (χ3n) is 7.24. The van der Waals surface area contributed by atoms with Crippen molar-refractivity contribution in [2.24, 2.45) is 5.16 Å². The van der Waals surface area contributed by atoms with Crippen molar-refractivity contribution in [2.75, 3.05) is 12.8 Å². The van der Waals surface area contributed by atoms with Crippen molar-refractivity contribution in [1.29, 1.82) is 0 Å². The summed E-state index contributed by atoms with van der Waals surface area (Å²) in [5.74, 6) is -1.81. The minimum absolute atomic E-state index is 0.0165. The number of nitrogens with two attached hydrogens (primary N) is 1. The Balaban J connectivity index is 1.30. The van der Waals surface area contributed by atoms with Gasteiger partial charge in [0.15, 0.2) is 11.2 Å².